The topological polar surface area (TPSA) is 169 Å². The van der Waals surface area contributed by atoms with Crippen molar-refractivity contribution in [2.45, 2.75) is 153 Å². The summed E-state index contributed by atoms with van der Waals surface area (Å²) in [4.78, 5) is 43.0. The van der Waals surface area contributed by atoms with Crippen LogP contribution in [0.3, 0.4) is 0 Å². The zero-order valence-electron chi connectivity index (χ0n) is 33.3. The van der Waals surface area contributed by atoms with Crippen molar-refractivity contribution in [2.75, 3.05) is 19.8 Å². The van der Waals surface area contributed by atoms with Crippen molar-refractivity contribution in [3.05, 3.63) is 23.7 Å². The maximum atomic E-state index is 15.0. The van der Waals surface area contributed by atoms with Gasteiger partial charge in [0.25, 0.3) is 0 Å². The molecule has 12 heteroatoms. The van der Waals surface area contributed by atoms with Gasteiger partial charge in [-0.15, -0.1) is 0 Å². The number of hydrogen-bond acceptors (Lipinski definition) is 12. The maximum absolute atomic E-state index is 15.0. The Balaban J connectivity index is 0.949. The van der Waals surface area contributed by atoms with Gasteiger partial charge in [-0.1, -0.05) is 26.7 Å². The van der Waals surface area contributed by atoms with E-state index < -0.39 is 75.3 Å². The van der Waals surface area contributed by atoms with Crippen molar-refractivity contribution in [1.82, 2.24) is 10.6 Å². The first-order valence-electron chi connectivity index (χ1n) is 21.9. The van der Waals surface area contributed by atoms with Gasteiger partial charge in [-0.25, -0.2) is 4.79 Å². The van der Waals surface area contributed by atoms with E-state index in [1.165, 1.54) is 6.42 Å². The molecule has 306 valence electrons. The smallest absolute Gasteiger partial charge is 0.339 e. The molecule has 0 bridgehead atoms. The van der Waals surface area contributed by atoms with Crippen LogP contribution < -0.4 is 10.6 Å². The van der Waals surface area contributed by atoms with E-state index in [2.05, 4.69) is 17.6 Å². The summed E-state index contributed by atoms with van der Waals surface area (Å²) < 4.78 is 32.7. The number of epoxide rings is 1. The second-order valence-corrected chi connectivity index (χ2v) is 21.0. The summed E-state index contributed by atoms with van der Waals surface area (Å²) in [5.74, 6) is 0.275. The predicted octanol–water partition coefficient (Wildman–Crippen LogP) is 4.14. The molecular formula is C44H60N2O10. The van der Waals surface area contributed by atoms with Gasteiger partial charge in [0.05, 0.1) is 35.4 Å². The van der Waals surface area contributed by atoms with E-state index in [0.717, 1.165) is 63.1 Å². The Kier molecular flexibility index (Phi) is 7.80. The summed E-state index contributed by atoms with van der Waals surface area (Å²) in [6.45, 7) is 9.85. The molecule has 5 aliphatic heterocycles. The molecule has 5 saturated carbocycles. The minimum atomic E-state index is -1.43. The monoisotopic (exact) mass is 776 g/mol. The first-order valence-corrected chi connectivity index (χ1v) is 21.9. The molecule has 16 unspecified atom stereocenters. The number of cyclic esters (lactones) is 2. The number of aliphatic hydroxyl groups excluding tert-OH is 2. The molecule has 5 saturated heterocycles. The van der Waals surface area contributed by atoms with Gasteiger partial charge in [0.2, 0.25) is 0 Å². The Labute approximate surface area is 328 Å². The number of rotatable bonds is 4. The number of fused-ring (bicyclic) bond motifs is 3. The molecule has 0 radical (unpaired) electrons. The quantitative estimate of drug-likeness (QED) is 0.255. The number of esters is 2. The van der Waals surface area contributed by atoms with Gasteiger partial charge in [0, 0.05) is 47.5 Å². The third-order valence-corrected chi connectivity index (χ3v) is 18.6. The van der Waals surface area contributed by atoms with Gasteiger partial charge < -0.3 is 44.2 Å². The molecule has 0 amide bonds. The summed E-state index contributed by atoms with van der Waals surface area (Å²) in [6, 6.07) is 2.42. The second-order valence-electron chi connectivity index (χ2n) is 21.0. The van der Waals surface area contributed by atoms with Crippen LogP contribution in [-0.4, -0.2) is 89.4 Å². The molecule has 10 aliphatic rings. The van der Waals surface area contributed by atoms with Crippen molar-refractivity contribution in [3.63, 3.8) is 0 Å². The van der Waals surface area contributed by atoms with Crippen LogP contribution >= 0.6 is 0 Å². The highest BCUT2D eigenvalue weighted by atomic mass is 16.7. The zero-order chi connectivity index (χ0) is 38.8. The van der Waals surface area contributed by atoms with Gasteiger partial charge in [-0.2, -0.15) is 0 Å². The van der Waals surface area contributed by atoms with Crippen LogP contribution in [0.2, 0.25) is 0 Å². The molecule has 4 N–H and O–H groups in total. The summed E-state index contributed by atoms with van der Waals surface area (Å²) in [5.41, 5.74) is -5.12. The largest absolute Gasteiger partial charge is 0.469 e. The fourth-order valence-corrected chi connectivity index (χ4v) is 16.4. The average molecular weight is 777 g/mol. The molecule has 3 spiro atoms. The first-order chi connectivity index (χ1) is 26.7. The second kappa shape index (κ2) is 11.9. The van der Waals surface area contributed by atoms with E-state index in [1.54, 1.807) is 6.26 Å². The lowest BCUT2D eigenvalue weighted by molar-refractivity contribution is -0.264. The minimum absolute atomic E-state index is 0.0295. The fourth-order valence-electron chi connectivity index (χ4n) is 16.4. The Hall–Kier alpha value is -2.35. The lowest BCUT2D eigenvalue weighted by Crippen LogP contribution is -2.77. The molecule has 12 nitrogen and oxygen atoms in total. The summed E-state index contributed by atoms with van der Waals surface area (Å²) >= 11 is 0. The lowest BCUT2D eigenvalue weighted by Gasteiger charge is -2.67. The third-order valence-electron chi connectivity index (χ3n) is 18.6. The normalized spacial score (nSPS) is 52.2. The standard InChI is InChI=1S/C44H60N2O10/c1-39(2)32-31(48)33(49)41(4)30(43(32)20-53-38(51)42(37(43)56-39)13-5-6-14-42)11-15-40(3)34(54-36(50)35-44(40,41)55-35)25-12-16-52-29(25)18-26-24-9-7-23(27-19-45-21-46-27)17-22(24)8-10-28(26)47/h12,16,22-24,26-28,30,32-35,37,45-47,49H,5-11,13-15,17-21H2,1-4H3. The van der Waals surface area contributed by atoms with Crippen LogP contribution in [0.1, 0.15) is 116 Å². The highest BCUT2D eigenvalue weighted by Gasteiger charge is 2.91. The number of carbonyl (C=O) groups excluding carboxylic acids is 3. The molecule has 56 heavy (non-hydrogen) atoms. The molecule has 0 aromatic carbocycles. The van der Waals surface area contributed by atoms with E-state index in [1.807, 2.05) is 26.8 Å². The molecule has 1 aromatic rings. The average Bonchev–Trinajstić information content (AvgIpc) is 3.65. The van der Waals surface area contributed by atoms with Gasteiger partial charge in [-0.3, -0.25) is 9.59 Å². The molecular weight excluding hydrogens is 716 g/mol. The summed E-state index contributed by atoms with van der Waals surface area (Å²) in [6.07, 6.45) is 7.58. The Morgan fingerprint density at radius 3 is 2.46 bits per heavy atom. The minimum Gasteiger partial charge on any atom is -0.469 e. The number of nitrogens with one attached hydrogen (secondary N) is 2. The Bertz CT molecular complexity index is 1830. The van der Waals surface area contributed by atoms with E-state index in [-0.39, 0.29) is 30.2 Å². The number of ether oxygens (including phenoxy) is 4. The van der Waals surface area contributed by atoms with Crippen LogP contribution in [0.4, 0.5) is 0 Å². The van der Waals surface area contributed by atoms with E-state index in [9.17, 15) is 24.6 Å². The highest BCUT2D eigenvalue weighted by Crippen LogP contribution is 2.81. The molecule has 1 aromatic heterocycles. The number of furan rings is 1. The Morgan fingerprint density at radius 1 is 0.911 bits per heavy atom. The van der Waals surface area contributed by atoms with Crippen LogP contribution in [0.15, 0.2) is 16.7 Å². The maximum Gasteiger partial charge on any atom is 0.339 e. The first kappa shape index (κ1) is 36.7. The highest BCUT2D eigenvalue weighted by molar-refractivity contribution is 5.92. The van der Waals surface area contributed by atoms with Crippen molar-refractivity contribution >= 4 is 17.7 Å². The predicted molar refractivity (Wildman–Crippen MR) is 198 cm³/mol. The van der Waals surface area contributed by atoms with Crippen molar-refractivity contribution in [3.8, 4) is 0 Å². The van der Waals surface area contributed by atoms with Gasteiger partial charge >= 0.3 is 11.9 Å². The van der Waals surface area contributed by atoms with Crippen molar-refractivity contribution in [2.24, 2.45) is 57.2 Å². The lowest BCUT2D eigenvalue weighted by atomic mass is 9.35. The van der Waals surface area contributed by atoms with E-state index in [4.69, 9.17) is 23.4 Å². The number of Topliss-reactive ketones (excluding diaryl/α,β-unsaturated/α-hetero) is 1. The summed E-state index contributed by atoms with van der Waals surface area (Å²) in [5, 5.41) is 31.2. The number of ketones is 1. The van der Waals surface area contributed by atoms with Gasteiger partial charge in [0.15, 0.2) is 11.9 Å². The molecule has 6 heterocycles. The van der Waals surface area contributed by atoms with Gasteiger partial charge in [0.1, 0.15) is 30.2 Å². The number of carbonyl (C=O) groups is 3. The van der Waals surface area contributed by atoms with E-state index >= 15 is 0 Å². The number of aliphatic hydroxyl groups is 2. The van der Waals surface area contributed by atoms with Crippen LogP contribution in [-0.2, 0) is 39.8 Å². The fraction of sp³-hybridized carbons (Fsp3) is 0.841. The molecule has 16 atom stereocenters. The van der Waals surface area contributed by atoms with Crippen molar-refractivity contribution < 1.29 is 48.0 Å². The molecule has 5 aliphatic carbocycles. The third kappa shape index (κ3) is 4.29. The van der Waals surface area contributed by atoms with E-state index in [0.29, 0.717) is 55.9 Å². The van der Waals surface area contributed by atoms with Crippen LogP contribution in [0, 0.1) is 57.2 Å². The number of hydrogen-bond donors (Lipinski definition) is 4. The van der Waals surface area contributed by atoms with Crippen LogP contribution in [0.25, 0.3) is 0 Å². The Morgan fingerprint density at radius 2 is 1.70 bits per heavy atom. The molecule has 11 rings (SSSR count). The van der Waals surface area contributed by atoms with Crippen molar-refractivity contribution in [1.29, 1.82) is 0 Å². The summed E-state index contributed by atoms with van der Waals surface area (Å²) in [7, 11) is 0. The van der Waals surface area contributed by atoms with Crippen LogP contribution in [0.5, 0.6) is 0 Å². The SMILES string of the molecule is CC1(C)OC2C3(CCCC3)C(=O)OCC23C1C(=O)C(O)C1(C)C3CCC2(C)C(c3ccoc3CC3C(O)CCC4CC(C5CNCN5)CCC43)OC(=O)C3OC321. The zero-order valence-corrected chi connectivity index (χ0v) is 33.3. The molecule has 10 fully saturated rings. The van der Waals surface area contributed by atoms with Gasteiger partial charge in [-0.05, 0) is 107 Å².